The van der Waals surface area contributed by atoms with Crippen molar-refractivity contribution in [3.63, 3.8) is 0 Å². The van der Waals surface area contributed by atoms with Gasteiger partial charge in [0.05, 0.1) is 17.5 Å². The van der Waals surface area contributed by atoms with Crippen LogP contribution in [0.1, 0.15) is 74.3 Å². The van der Waals surface area contributed by atoms with Crippen LogP contribution in [0, 0.1) is 12.4 Å². The minimum absolute atomic E-state index is 0.0453. The summed E-state index contributed by atoms with van der Waals surface area (Å²) in [6, 6.07) is 2.92. The lowest BCUT2D eigenvalue weighted by atomic mass is 9.86. The Labute approximate surface area is 292 Å². The van der Waals surface area contributed by atoms with Crippen molar-refractivity contribution in [3.8, 4) is 11.3 Å². The van der Waals surface area contributed by atoms with E-state index in [4.69, 9.17) is 11.3 Å². The molecule has 0 bridgehead atoms. The van der Waals surface area contributed by atoms with E-state index < -0.39 is 34.7 Å². The normalized spacial score (nSPS) is 16.6. The first-order valence-electron chi connectivity index (χ1n) is 17.1. The average molecular weight is 710 g/mol. The van der Waals surface area contributed by atoms with Gasteiger partial charge in [-0.2, -0.15) is 18.3 Å². The Morgan fingerprint density at radius 2 is 1.84 bits per heavy atom. The fraction of sp³-hybridized carbons (Fsp3) is 0.514. The molecule has 0 aliphatic carbocycles. The van der Waals surface area contributed by atoms with Crippen LogP contribution in [0.3, 0.4) is 0 Å². The van der Waals surface area contributed by atoms with Crippen molar-refractivity contribution in [1.29, 1.82) is 0 Å². The van der Waals surface area contributed by atoms with E-state index in [1.165, 1.54) is 11.2 Å². The molecule has 2 fully saturated rings. The molecule has 16 heteroatoms. The van der Waals surface area contributed by atoms with Gasteiger partial charge in [0.1, 0.15) is 12.0 Å². The third-order valence-corrected chi connectivity index (χ3v) is 9.77. The highest BCUT2D eigenvalue weighted by Crippen LogP contribution is 2.36. The summed E-state index contributed by atoms with van der Waals surface area (Å²) in [6.45, 7) is 11.6. The number of fused-ring (bicyclic) bond motifs is 1. The summed E-state index contributed by atoms with van der Waals surface area (Å²) in [6.07, 6.45) is 9.35. The summed E-state index contributed by atoms with van der Waals surface area (Å²) in [4.78, 5) is 44.6. The molecule has 0 N–H and O–H groups in total. The Bertz CT molecular complexity index is 1900. The predicted octanol–water partition coefficient (Wildman–Crippen LogP) is 5.94. The highest BCUT2D eigenvalue weighted by molar-refractivity contribution is 5.94. The number of ether oxygens (including phenoxy) is 1. The molecule has 0 aromatic carbocycles. The largest absolute Gasteiger partial charge is 0.444 e. The van der Waals surface area contributed by atoms with Crippen LogP contribution in [0.2, 0.25) is 0 Å². The number of amides is 1. The van der Waals surface area contributed by atoms with Gasteiger partial charge in [0.15, 0.2) is 23.8 Å². The predicted molar refractivity (Wildman–Crippen MR) is 177 cm³/mol. The smallest absolute Gasteiger partial charge is 0.436 e. The van der Waals surface area contributed by atoms with E-state index in [0.29, 0.717) is 43.7 Å². The van der Waals surface area contributed by atoms with Gasteiger partial charge in [-0.1, -0.05) is 32.6 Å². The molecule has 0 unspecified atom stereocenters. The molecular formula is C35H39F4N9O3. The second-order valence-corrected chi connectivity index (χ2v) is 13.2. The van der Waals surface area contributed by atoms with E-state index in [9.17, 15) is 27.2 Å². The first-order chi connectivity index (χ1) is 24.5. The molecule has 6 rings (SSSR count). The fourth-order valence-corrected chi connectivity index (χ4v) is 6.97. The van der Waals surface area contributed by atoms with Crippen LogP contribution >= 0.6 is 0 Å². The average Bonchev–Trinajstić information content (AvgIpc) is 3.76. The summed E-state index contributed by atoms with van der Waals surface area (Å²) >= 11 is 0. The number of piperidine rings is 1. The number of carbonyl (C=O) groups is 2. The van der Waals surface area contributed by atoms with Crippen LogP contribution in [0.15, 0.2) is 43.2 Å². The quantitative estimate of drug-likeness (QED) is 0.0725. The number of rotatable bonds is 13. The first-order valence-corrected chi connectivity index (χ1v) is 17.1. The number of unbranched alkanes of at least 4 members (excludes halogenated alkanes) is 4. The molecule has 2 aliphatic heterocycles. The van der Waals surface area contributed by atoms with Crippen LogP contribution in [0.25, 0.3) is 27.1 Å². The summed E-state index contributed by atoms with van der Waals surface area (Å²) in [7, 11) is 0. The number of hydrogen-bond acceptors (Lipinski definition) is 8. The first kappa shape index (κ1) is 35.9. The molecule has 2 aliphatic rings. The molecule has 0 saturated carbocycles. The van der Waals surface area contributed by atoms with Gasteiger partial charge in [-0.15, -0.1) is 0 Å². The van der Waals surface area contributed by atoms with Crippen molar-refractivity contribution in [2.75, 3.05) is 32.7 Å². The van der Waals surface area contributed by atoms with Gasteiger partial charge in [0.25, 0.3) is 5.91 Å². The van der Waals surface area contributed by atoms with Gasteiger partial charge in [0.2, 0.25) is 6.54 Å². The molecule has 12 nitrogen and oxygen atoms in total. The monoisotopic (exact) mass is 709 g/mol. The van der Waals surface area contributed by atoms with E-state index >= 15 is 0 Å². The van der Waals surface area contributed by atoms with E-state index in [2.05, 4.69) is 36.7 Å². The third kappa shape index (κ3) is 7.58. The second-order valence-electron chi connectivity index (χ2n) is 13.2. The molecule has 0 atom stereocenters. The van der Waals surface area contributed by atoms with Crippen LogP contribution in [-0.4, -0.2) is 89.7 Å². The number of aromatic nitrogens is 6. The number of nitrogens with zero attached hydrogens (tertiary/aromatic N) is 9. The van der Waals surface area contributed by atoms with Gasteiger partial charge >= 0.3 is 12.1 Å². The molecule has 4 aromatic rings. The lowest BCUT2D eigenvalue weighted by molar-refractivity contribution is -0.147. The van der Waals surface area contributed by atoms with Crippen LogP contribution in [0.4, 0.5) is 17.6 Å². The van der Waals surface area contributed by atoms with Crippen LogP contribution in [-0.2, 0) is 28.0 Å². The molecule has 0 spiro atoms. The van der Waals surface area contributed by atoms with E-state index in [1.54, 1.807) is 17.0 Å². The third-order valence-electron chi connectivity index (χ3n) is 9.77. The minimum Gasteiger partial charge on any atom is -0.444 e. The maximum Gasteiger partial charge on any atom is 0.436 e. The van der Waals surface area contributed by atoms with Crippen molar-refractivity contribution in [2.24, 2.45) is 0 Å². The molecule has 1 amide bonds. The zero-order valence-electron chi connectivity index (χ0n) is 28.3. The summed E-state index contributed by atoms with van der Waals surface area (Å²) < 4.78 is 63.1. The molecule has 51 heavy (non-hydrogen) atoms. The Kier molecular flexibility index (Phi) is 10.7. The molecular weight excluding hydrogens is 670 g/mol. The molecule has 6 heterocycles. The van der Waals surface area contributed by atoms with Gasteiger partial charge < -0.3 is 14.5 Å². The number of halogens is 4. The lowest BCUT2D eigenvalue weighted by Crippen LogP contribution is -2.67. The number of carbonyl (C=O) groups excluding carboxylic acids is 2. The Balaban J connectivity index is 1.07. The van der Waals surface area contributed by atoms with Crippen molar-refractivity contribution in [3.05, 3.63) is 71.7 Å². The number of pyridine rings is 1. The number of alkyl halides is 3. The molecule has 4 aromatic heterocycles. The SMILES string of the molecule is [C-]#[N+]CC1(n2cc(-c3ncnc4c3ccn4COC(=O)CCCCCCC)cn2)CN(C2CCN(C(=O)c3ccnc(C(F)(F)F)c3F)CC2)C1. The van der Waals surface area contributed by atoms with E-state index in [-0.39, 0.29) is 38.4 Å². The number of hydrogen-bond donors (Lipinski definition) is 0. The van der Waals surface area contributed by atoms with E-state index in [1.807, 2.05) is 16.9 Å². The van der Waals surface area contributed by atoms with Gasteiger partial charge in [-0.3, -0.25) is 23.7 Å². The molecule has 2 saturated heterocycles. The van der Waals surface area contributed by atoms with Crippen LogP contribution in [0.5, 0.6) is 0 Å². The summed E-state index contributed by atoms with van der Waals surface area (Å²) in [5, 5.41) is 5.41. The van der Waals surface area contributed by atoms with Crippen molar-refractivity contribution in [2.45, 2.75) is 82.8 Å². The summed E-state index contributed by atoms with van der Waals surface area (Å²) in [5.74, 6) is -2.70. The zero-order valence-corrected chi connectivity index (χ0v) is 28.3. The van der Waals surface area contributed by atoms with Crippen LogP contribution < -0.4 is 0 Å². The summed E-state index contributed by atoms with van der Waals surface area (Å²) in [5.41, 5.74) is -0.904. The van der Waals surface area contributed by atoms with E-state index in [0.717, 1.165) is 55.3 Å². The standard InChI is InChI=1S/C35H39F4N9O3/c1-3-4-5-6-7-8-28(49)51-23-46-16-12-27-30(42-22-43-32(27)46)24-17-44-48(18-24)34(19-40-2)20-47(21-34)25-10-14-45(15-11-25)33(50)26-9-13-41-31(29(26)36)35(37,38)39/h9,12-13,16-18,22,25H,3-8,10-11,14-15,19-21,23H2,1H3. The zero-order chi connectivity index (χ0) is 36.2. The van der Waals surface area contributed by atoms with Crippen molar-refractivity contribution >= 4 is 22.9 Å². The lowest BCUT2D eigenvalue weighted by Gasteiger charge is -2.52. The molecule has 270 valence electrons. The minimum atomic E-state index is -5.00. The van der Waals surface area contributed by atoms with Gasteiger partial charge in [-0.25, -0.2) is 25.9 Å². The Morgan fingerprint density at radius 3 is 2.57 bits per heavy atom. The highest BCUT2D eigenvalue weighted by Gasteiger charge is 2.51. The number of likely N-dealkylation sites (tertiary alicyclic amines) is 2. The van der Waals surface area contributed by atoms with Gasteiger partial charge in [0, 0.05) is 68.2 Å². The second kappa shape index (κ2) is 15.1. The highest BCUT2D eigenvalue weighted by atomic mass is 19.4. The number of esters is 1. The molecule has 0 radical (unpaired) electrons. The maximum atomic E-state index is 14.6. The Hall–Kier alpha value is -4.91. The van der Waals surface area contributed by atoms with Gasteiger partial charge in [-0.05, 0) is 31.4 Å². The fourth-order valence-electron chi connectivity index (χ4n) is 6.97. The maximum absolute atomic E-state index is 14.6. The Morgan fingerprint density at radius 1 is 1.08 bits per heavy atom. The topological polar surface area (TPSA) is 116 Å². The van der Waals surface area contributed by atoms with Crippen molar-refractivity contribution in [1.82, 2.24) is 39.1 Å². The van der Waals surface area contributed by atoms with Crippen molar-refractivity contribution < 1.29 is 31.9 Å².